The van der Waals surface area contributed by atoms with Crippen molar-refractivity contribution in [1.82, 2.24) is 0 Å². The van der Waals surface area contributed by atoms with E-state index in [1.165, 1.54) is 6.92 Å². The number of carbonyl (C=O) groups is 1. The first-order valence-corrected chi connectivity index (χ1v) is 15.7. The summed E-state index contributed by atoms with van der Waals surface area (Å²) in [7, 11) is 1.61. The summed E-state index contributed by atoms with van der Waals surface area (Å²) in [4.78, 5) is 12.5. The van der Waals surface area contributed by atoms with E-state index in [0.29, 0.717) is 19.0 Å². The Morgan fingerprint density at radius 2 is 1.15 bits per heavy atom. The first-order chi connectivity index (χ1) is 23.1. The zero-order valence-electron chi connectivity index (χ0n) is 26.8. The minimum atomic E-state index is -0.971. The van der Waals surface area contributed by atoms with Gasteiger partial charge in [-0.2, -0.15) is 0 Å². The van der Waals surface area contributed by atoms with Crippen LogP contribution >= 0.6 is 0 Å². The molecule has 0 aliphatic carbocycles. The molecule has 1 aliphatic rings. The van der Waals surface area contributed by atoms with Gasteiger partial charge in [-0.15, -0.1) is 0 Å². The van der Waals surface area contributed by atoms with Crippen LogP contribution in [0.5, 0.6) is 11.5 Å². The first kappa shape index (κ1) is 34.1. The lowest BCUT2D eigenvalue weighted by Crippen LogP contribution is -2.62. The van der Waals surface area contributed by atoms with Gasteiger partial charge in [0, 0.05) is 6.92 Å². The van der Waals surface area contributed by atoms with Crippen LogP contribution in [-0.2, 0) is 53.0 Å². The van der Waals surface area contributed by atoms with Crippen molar-refractivity contribution in [2.75, 3.05) is 26.9 Å². The van der Waals surface area contributed by atoms with E-state index in [9.17, 15) is 4.79 Å². The molecule has 4 aromatic rings. The van der Waals surface area contributed by atoms with Gasteiger partial charge in [0.25, 0.3) is 0 Å². The standard InChI is InChI=1S/C38H42O9/c1-28(39)46-37-36(45-26-31-16-10-5-11-17-31)35(44-25-30-14-8-4-9-15-30)34(27-41-24-29-12-6-3-7-13-29)47-38(37)43-23-22-42-33-20-18-32(40-2)19-21-33/h3-21,34-38H,22-27H2,1-2H3/t34-,35+,36+,37-,38-/m1/s1. The van der Waals surface area contributed by atoms with Crippen molar-refractivity contribution in [2.24, 2.45) is 0 Å². The molecule has 1 aliphatic heterocycles. The second-order valence-electron chi connectivity index (χ2n) is 11.0. The maximum atomic E-state index is 12.5. The molecular weight excluding hydrogens is 600 g/mol. The molecule has 0 N–H and O–H groups in total. The molecule has 0 unspecified atom stereocenters. The van der Waals surface area contributed by atoms with Crippen molar-refractivity contribution >= 4 is 5.97 Å². The molecule has 1 fully saturated rings. The van der Waals surface area contributed by atoms with Gasteiger partial charge in [-0.1, -0.05) is 91.0 Å². The Hall–Kier alpha value is -4.25. The van der Waals surface area contributed by atoms with Crippen LogP contribution < -0.4 is 9.47 Å². The van der Waals surface area contributed by atoms with E-state index in [0.717, 1.165) is 22.4 Å². The second kappa shape index (κ2) is 18.2. The summed E-state index contributed by atoms with van der Waals surface area (Å²) in [5.74, 6) is 0.913. The van der Waals surface area contributed by atoms with Gasteiger partial charge in [0.05, 0.1) is 40.1 Å². The molecule has 248 valence electrons. The quantitative estimate of drug-likeness (QED) is 0.0996. The van der Waals surface area contributed by atoms with E-state index in [4.69, 9.17) is 37.9 Å². The Morgan fingerprint density at radius 3 is 1.70 bits per heavy atom. The van der Waals surface area contributed by atoms with Crippen LogP contribution in [0.2, 0.25) is 0 Å². The van der Waals surface area contributed by atoms with Crippen molar-refractivity contribution < 1.29 is 42.7 Å². The summed E-state index contributed by atoms with van der Waals surface area (Å²) in [6.07, 6.45) is -3.91. The van der Waals surface area contributed by atoms with Crippen molar-refractivity contribution in [3.05, 3.63) is 132 Å². The SMILES string of the molecule is COc1ccc(OCCO[C@@H]2O[C@H](COCc3ccccc3)[C@H](OCc3ccccc3)[C@H](OCc3ccccc3)[C@H]2OC(C)=O)cc1. The molecule has 1 heterocycles. The molecule has 9 nitrogen and oxygen atoms in total. The summed E-state index contributed by atoms with van der Waals surface area (Å²) in [6.45, 7) is 2.88. The molecule has 9 heteroatoms. The van der Waals surface area contributed by atoms with Crippen LogP contribution in [0.1, 0.15) is 23.6 Å². The molecule has 5 rings (SSSR count). The molecule has 0 spiro atoms. The number of benzene rings is 4. The van der Waals surface area contributed by atoms with Gasteiger partial charge in [0.15, 0.2) is 12.4 Å². The monoisotopic (exact) mass is 642 g/mol. The highest BCUT2D eigenvalue weighted by Crippen LogP contribution is 2.31. The summed E-state index contributed by atoms with van der Waals surface area (Å²) < 4.78 is 48.9. The largest absolute Gasteiger partial charge is 0.497 e. The lowest BCUT2D eigenvalue weighted by molar-refractivity contribution is -0.321. The average molecular weight is 643 g/mol. The predicted molar refractivity (Wildman–Crippen MR) is 175 cm³/mol. The highest BCUT2D eigenvalue weighted by atomic mass is 16.7. The highest BCUT2D eigenvalue weighted by molar-refractivity contribution is 5.66. The summed E-state index contributed by atoms with van der Waals surface area (Å²) >= 11 is 0. The zero-order valence-corrected chi connectivity index (χ0v) is 26.8. The molecule has 1 saturated heterocycles. The molecule has 0 radical (unpaired) electrons. The lowest BCUT2D eigenvalue weighted by Gasteiger charge is -2.45. The van der Waals surface area contributed by atoms with Crippen molar-refractivity contribution in [1.29, 1.82) is 0 Å². The van der Waals surface area contributed by atoms with Gasteiger partial charge >= 0.3 is 5.97 Å². The van der Waals surface area contributed by atoms with Crippen LogP contribution in [-0.4, -0.2) is 63.6 Å². The molecule has 5 atom stereocenters. The topological polar surface area (TPSA) is 90.9 Å². The van der Waals surface area contributed by atoms with Crippen LogP contribution in [0.4, 0.5) is 0 Å². The third-order valence-electron chi connectivity index (χ3n) is 7.55. The van der Waals surface area contributed by atoms with E-state index < -0.39 is 36.7 Å². The normalized spacial score (nSPS) is 20.8. The van der Waals surface area contributed by atoms with Crippen LogP contribution in [0.3, 0.4) is 0 Å². The zero-order chi connectivity index (χ0) is 32.7. The fourth-order valence-electron chi connectivity index (χ4n) is 5.25. The fourth-order valence-corrected chi connectivity index (χ4v) is 5.25. The molecule has 47 heavy (non-hydrogen) atoms. The number of hydrogen-bond donors (Lipinski definition) is 0. The Labute approximate surface area is 276 Å². The number of hydrogen-bond acceptors (Lipinski definition) is 9. The number of ether oxygens (including phenoxy) is 8. The van der Waals surface area contributed by atoms with E-state index in [2.05, 4.69) is 0 Å². The third-order valence-corrected chi connectivity index (χ3v) is 7.55. The molecule has 0 aromatic heterocycles. The minimum Gasteiger partial charge on any atom is -0.497 e. The minimum absolute atomic E-state index is 0.160. The second-order valence-corrected chi connectivity index (χ2v) is 11.0. The van der Waals surface area contributed by atoms with E-state index in [1.54, 1.807) is 7.11 Å². The summed E-state index contributed by atoms with van der Waals surface area (Å²) in [5.41, 5.74) is 2.98. The maximum Gasteiger partial charge on any atom is 0.303 e. The van der Waals surface area contributed by atoms with Gasteiger partial charge in [0.1, 0.15) is 36.4 Å². The predicted octanol–water partition coefficient (Wildman–Crippen LogP) is 6.13. The van der Waals surface area contributed by atoms with Crippen molar-refractivity contribution in [3.63, 3.8) is 0 Å². The Bertz CT molecular complexity index is 1450. The number of methoxy groups -OCH3 is 1. The summed E-state index contributed by atoms with van der Waals surface area (Å²) in [5, 5.41) is 0. The van der Waals surface area contributed by atoms with Crippen molar-refractivity contribution in [2.45, 2.75) is 57.5 Å². The van der Waals surface area contributed by atoms with E-state index in [-0.39, 0.29) is 26.4 Å². The van der Waals surface area contributed by atoms with Crippen molar-refractivity contribution in [3.8, 4) is 11.5 Å². The fraction of sp³-hybridized carbons (Fsp3) is 0.342. The molecule has 0 bridgehead atoms. The molecular formula is C38H42O9. The molecule has 0 saturated carbocycles. The Kier molecular flexibility index (Phi) is 13.2. The molecule has 0 amide bonds. The lowest BCUT2D eigenvalue weighted by atomic mass is 9.98. The number of esters is 1. The van der Waals surface area contributed by atoms with E-state index in [1.807, 2.05) is 115 Å². The maximum absolute atomic E-state index is 12.5. The van der Waals surface area contributed by atoms with E-state index >= 15 is 0 Å². The first-order valence-electron chi connectivity index (χ1n) is 15.7. The van der Waals surface area contributed by atoms with Crippen LogP contribution in [0.25, 0.3) is 0 Å². The van der Waals surface area contributed by atoms with Gasteiger partial charge in [-0.3, -0.25) is 4.79 Å². The van der Waals surface area contributed by atoms with Crippen LogP contribution in [0.15, 0.2) is 115 Å². The van der Waals surface area contributed by atoms with Gasteiger partial charge in [-0.25, -0.2) is 0 Å². The highest BCUT2D eigenvalue weighted by Gasteiger charge is 2.50. The Balaban J connectivity index is 1.35. The average Bonchev–Trinajstić information content (AvgIpc) is 3.11. The summed E-state index contributed by atoms with van der Waals surface area (Å²) in [6, 6.07) is 36.8. The van der Waals surface area contributed by atoms with Crippen LogP contribution in [0, 0.1) is 0 Å². The van der Waals surface area contributed by atoms with Gasteiger partial charge in [0.2, 0.25) is 0 Å². The third kappa shape index (κ3) is 10.6. The molecule has 4 aromatic carbocycles. The Morgan fingerprint density at radius 1 is 0.617 bits per heavy atom. The van der Waals surface area contributed by atoms with Gasteiger partial charge < -0.3 is 37.9 Å². The number of rotatable bonds is 17. The number of carbonyl (C=O) groups excluding carboxylic acids is 1. The van der Waals surface area contributed by atoms with Gasteiger partial charge in [-0.05, 0) is 41.0 Å². The smallest absolute Gasteiger partial charge is 0.303 e.